The Balaban J connectivity index is 1.26. The number of amides is 1. The van der Waals surface area contributed by atoms with E-state index in [1.807, 2.05) is 35.2 Å². The van der Waals surface area contributed by atoms with E-state index in [2.05, 4.69) is 28.7 Å². The number of fused-ring (bicyclic) bond motifs is 1. The van der Waals surface area contributed by atoms with Crippen molar-refractivity contribution in [2.75, 3.05) is 50.9 Å². The van der Waals surface area contributed by atoms with Crippen LogP contribution in [0.2, 0.25) is 0 Å². The van der Waals surface area contributed by atoms with Crippen LogP contribution in [0.25, 0.3) is 0 Å². The molecule has 2 aliphatic heterocycles. The van der Waals surface area contributed by atoms with E-state index in [0.29, 0.717) is 51.2 Å². The summed E-state index contributed by atoms with van der Waals surface area (Å²) < 4.78 is 17.3. The minimum Gasteiger partial charge on any atom is -0.493 e. The average Bonchev–Trinajstić information content (AvgIpc) is 2.81. The van der Waals surface area contributed by atoms with Crippen molar-refractivity contribution < 1.29 is 19.0 Å². The van der Waals surface area contributed by atoms with Crippen LogP contribution in [0.15, 0.2) is 36.7 Å². The molecule has 0 spiro atoms. The third kappa shape index (κ3) is 5.44. The van der Waals surface area contributed by atoms with Crippen LogP contribution in [0, 0.1) is 5.92 Å². The number of nitrogens with zero attached hydrogens (tertiary/aromatic N) is 4. The Hall–Kier alpha value is -2.87. The lowest BCUT2D eigenvalue weighted by molar-refractivity contribution is -0.139. The Morgan fingerprint density at radius 2 is 2.00 bits per heavy atom. The highest BCUT2D eigenvalue weighted by Gasteiger charge is 2.26. The summed E-state index contributed by atoms with van der Waals surface area (Å²) in [6.45, 7) is 8.22. The van der Waals surface area contributed by atoms with E-state index >= 15 is 0 Å². The van der Waals surface area contributed by atoms with Crippen molar-refractivity contribution in [3.63, 3.8) is 0 Å². The van der Waals surface area contributed by atoms with Gasteiger partial charge in [0.05, 0.1) is 19.3 Å². The summed E-state index contributed by atoms with van der Waals surface area (Å²) in [5.41, 5.74) is 1.02. The topological polar surface area (TPSA) is 77.0 Å². The number of rotatable bonds is 7. The molecule has 8 heteroatoms. The standard InChI is InChI=1S/C23H30N4O4/c1-17(2)14-31-22-13-21(24-16-25-22)26-8-10-27(11-9-26)23(28)15-30-20-7-12-29-19-6-4-3-5-18(19)20/h3-6,13,16-17,20H,7-12,14-15H2,1-2H3. The molecule has 3 heterocycles. The second kappa shape index (κ2) is 9.96. The Morgan fingerprint density at radius 3 is 2.81 bits per heavy atom. The highest BCUT2D eigenvalue weighted by molar-refractivity contribution is 5.77. The normalized spacial score (nSPS) is 18.5. The lowest BCUT2D eigenvalue weighted by Crippen LogP contribution is -2.50. The first kappa shape index (κ1) is 21.4. The van der Waals surface area contributed by atoms with Crippen molar-refractivity contribution in [3.8, 4) is 11.6 Å². The molecule has 0 bridgehead atoms. The fourth-order valence-electron chi connectivity index (χ4n) is 3.76. The van der Waals surface area contributed by atoms with Gasteiger partial charge in [0.2, 0.25) is 11.8 Å². The first-order valence-corrected chi connectivity index (χ1v) is 10.9. The molecule has 166 valence electrons. The minimum atomic E-state index is -0.0968. The van der Waals surface area contributed by atoms with Gasteiger partial charge in [-0.15, -0.1) is 0 Å². The van der Waals surface area contributed by atoms with Crippen LogP contribution in [0.5, 0.6) is 11.6 Å². The molecule has 0 N–H and O–H groups in total. The number of carbonyl (C=O) groups is 1. The quantitative estimate of drug-likeness (QED) is 0.674. The van der Waals surface area contributed by atoms with E-state index in [1.165, 1.54) is 6.33 Å². The molecule has 1 aromatic heterocycles. The number of hydrogen-bond donors (Lipinski definition) is 0. The molecule has 0 radical (unpaired) electrons. The molecule has 1 fully saturated rings. The van der Waals surface area contributed by atoms with Gasteiger partial charge in [0.25, 0.3) is 0 Å². The SMILES string of the molecule is CC(C)COc1cc(N2CCN(C(=O)COC3CCOc4ccccc43)CC2)ncn1. The summed E-state index contributed by atoms with van der Waals surface area (Å²) in [6.07, 6.45) is 2.19. The predicted molar refractivity (Wildman–Crippen MR) is 116 cm³/mol. The van der Waals surface area contributed by atoms with Gasteiger partial charge in [-0.25, -0.2) is 9.97 Å². The maximum Gasteiger partial charge on any atom is 0.248 e. The second-order valence-corrected chi connectivity index (χ2v) is 8.26. The number of ether oxygens (including phenoxy) is 3. The van der Waals surface area contributed by atoms with Crippen molar-refractivity contribution in [1.29, 1.82) is 0 Å². The van der Waals surface area contributed by atoms with E-state index in [-0.39, 0.29) is 18.6 Å². The predicted octanol–water partition coefficient (Wildman–Crippen LogP) is 2.70. The van der Waals surface area contributed by atoms with Crippen LogP contribution in [-0.2, 0) is 9.53 Å². The minimum absolute atomic E-state index is 0.0206. The zero-order valence-electron chi connectivity index (χ0n) is 18.2. The molecule has 0 aliphatic carbocycles. The summed E-state index contributed by atoms with van der Waals surface area (Å²) in [5.74, 6) is 2.72. The van der Waals surface area contributed by atoms with Gasteiger partial charge >= 0.3 is 0 Å². The Labute approximate surface area is 183 Å². The van der Waals surface area contributed by atoms with Crippen LogP contribution in [0.1, 0.15) is 31.9 Å². The summed E-state index contributed by atoms with van der Waals surface area (Å²) in [5, 5.41) is 0. The van der Waals surface area contributed by atoms with E-state index in [1.54, 1.807) is 0 Å². The van der Waals surface area contributed by atoms with Gasteiger partial charge in [0.1, 0.15) is 24.5 Å². The molecular weight excluding hydrogens is 396 g/mol. The molecule has 31 heavy (non-hydrogen) atoms. The monoisotopic (exact) mass is 426 g/mol. The first-order valence-electron chi connectivity index (χ1n) is 10.9. The Bertz CT molecular complexity index is 883. The van der Waals surface area contributed by atoms with Gasteiger partial charge in [-0.3, -0.25) is 4.79 Å². The molecule has 1 amide bonds. The van der Waals surface area contributed by atoms with Gasteiger partial charge < -0.3 is 24.0 Å². The Morgan fingerprint density at radius 1 is 1.19 bits per heavy atom. The molecule has 1 unspecified atom stereocenters. The van der Waals surface area contributed by atoms with Gasteiger partial charge in [0, 0.05) is 44.2 Å². The number of anilines is 1. The zero-order valence-corrected chi connectivity index (χ0v) is 18.2. The Kier molecular flexibility index (Phi) is 6.86. The van der Waals surface area contributed by atoms with Crippen molar-refractivity contribution in [1.82, 2.24) is 14.9 Å². The summed E-state index contributed by atoms with van der Waals surface area (Å²) >= 11 is 0. The van der Waals surface area contributed by atoms with Crippen LogP contribution in [0.3, 0.4) is 0 Å². The second-order valence-electron chi connectivity index (χ2n) is 8.26. The van der Waals surface area contributed by atoms with E-state index in [9.17, 15) is 4.79 Å². The van der Waals surface area contributed by atoms with Crippen molar-refractivity contribution in [2.45, 2.75) is 26.4 Å². The largest absolute Gasteiger partial charge is 0.493 e. The summed E-state index contributed by atoms with van der Waals surface area (Å²) in [7, 11) is 0. The molecular formula is C23H30N4O4. The molecule has 1 saturated heterocycles. The zero-order chi connectivity index (χ0) is 21.6. The highest BCUT2D eigenvalue weighted by Crippen LogP contribution is 2.34. The van der Waals surface area contributed by atoms with Gasteiger partial charge in [-0.1, -0.05) is 32.0 Å². The number of aromatic nitrogens is 2. The molecule has 1 atom stereocenters. The van der Waals surface area contributed by atoms with Crippen LogP contribution < -0.4 is 14.4 Å². The van der Waals surface area contributed by atoms with Gasteiger partial charge in [-0.05, 0) is 12.0 Å². The van der Waals surface area contributed by atoms with E-state index in [4.69, 9.17) is 14.2 Å². The molecule has 4 rings (SSSR count). The van der Waals surface area contributed by atoms with E-state index in [0.717, 1.165) is 23.6 Å². The number of hydrogen-bond acceptors (Lipinski definition) is 7. The number of piperazine rings is 1. The van der Waals surface area contributed by atoms with Crippen molar-refractivity contribution in [3.05, 3.63) is 42.2 Å². The van der Waals surface area contributed by atoms with Gasteiger partial charge in [0.15, 0.2) is 0 Å². The molecule has 0 saturated carbocycles. The lowest BCUT2D eigenvalue weighted by atomic mass is 10.0. The van der Waals surface area contributed by atoms with Crippen LogP contribution >= 0.6 is 0 Å². The van der Waals surface area contributed by atoms with Crippen molar-refractivity contribution in [2.24, 2.45) is 5.92 Å². The number of para-hydroxylation sites is 1. The third-order valence-corrected chi connectivity index (χ3v) is 5.46. The fraction of sp³-hybridized carbons (Fsp3) is 0.522. The molecule has 8 nitrogen and oxygen atoms in total. The fourth-order valence-corrected chi connectivity index (χ4v) is 3.76. The average molecular weight is 427 g/mol. The summed E-state index contributed by atoms with van der Waals surface area (Å²) in [6, 6.07) is 9.73. The molecule has 2 aromatic rings. The lowest BCUT2D eigenvalue weighted by Gasteiger charge is -2.35. The maximum atomic E-state index is 12.7. The number of carbonyl (C=O) groups excluding carboxylic acids is 1. The summed E-state index contributed by atoms with van der Waals surface area (Å²) in [4.78, 5) is 25.3. The van der Waals surface area contributed by atoms with Crippen molar-refractivity contribution >= 4 is 11.7 Å². The molecule has 2 aliphatic rings. The number of benzene rings is 1. The maximum absolute atomic E-state index is 12.7. The van der Waals surface area contributed by atoms with Crippen LogP contribution in [-0.4, -0.2) is 66.8 Å². The van der Waals surface area contributed by atoms with E-state index < -0.39 is 0 Å². The molecule has 1 aromatic carbocycles. The first-order chi connectivity index (χ1) is 15.1. The van der Waals surface area contributed by atoms with Gasteiger partial charge in [-0.2, -0.15) is 0 Å². The smallest absolute Gasteiger partial charge is 0.248 e. The highest BCUT2D eigenvalue weighted by atomic mass is 16.5. The van der Waals surface area contributed by atoms with Crippen LogP contribution in [0.4, 0.5) is 5.82 Å². The third-order valence-electron chi connectivity index (χ3n) is 5.46.